The van der Waals surface area contributed by atoms with Crippen molar-refractivity contribution >= 4 is 40.1 Å². The van der Waals surface area contributed by atoms with Crippen LogP contribution >= 0.6 is 12.2 Å². The van der Waals surface area contributed by atoms with E-state index in [-0.39, 0.29) is 5.75 Å². The molecule has 0 bridgehead atoms. The molecule has 22 heavy (non-hydrogen) atoms. The number of hydrogen-bond donors (Lipinski definition) is 4. The summed E-state index contributed by atoms with van der Waals surface area (Å²) in [4.78, 5) is 0. The molecule has 0 unspecified atom stereocenters. The highest BCUT2D eigenvalue weighted by atomic mass is 32.1. The number of hydrazone groups is 1. The molecule has 2 aromatic carbocycles. The number of aromatic nitrogens is 2. The van der Waals surface area contributed by atoms with Gasteiger partial charge in [0.05, 0.1) is 17.9 Å². The fourth-order valence-corrected chi connectivity index (χ4v) is 2.10. The Balaban J connectivity index is 1.61. The fourth-order valence-electron chi connectivity index (χ4n) is 1.93. The molecular formula is C15H13N5OS. The maximum atomic E-state index is 9.61. The molecule has 4 N–H and O–H groups in total. The number of thiocarbonyl (C=S) groups is 1. The molecule has 1 heterocycles. The van der Waals surface area contributed by atoms with Gasteiger partial charge in [0.25, 0.3) is 0 Å². The summed E-state index contributed by atoms with van der Waals surface area (Å²) >= 11 is 5.16. The van der Waals surface area contributed by atoms with E-state index in [1.807, 2.05) is 24.3 Å². The number of anilines is 1. The van der Waals surface area contributed by atoms with E-state index in [0.717, 1.165) is 16.6 Å². The minimum Gasteiger partial charge on any atom is -0.507 e. The Bertz CT molecular complexity index is 843. The van der Waals surface area contributed by atoms with Gasteiger partial charge in [-0.2, -0.15) is 10.2 Å². The topological polar surface area (TPSA) is 85.3 Å². The number of para-hydroxylation sites is 1. The third kappa shape index (κ3) is 3.21. The summed E-state index contributed by atoms with van der Waals surface area (Å²) in [5, 5.41) is 24.9. The molecule has 6 nitrogen and oxygen atoms in total. The molecule has 0 saturated carbocycles. The Labute approximate surface area is 131 Å². The molecule has 1 aromatic heterocycles. The van der Waals surface area contributed by atoms with Gasteiger partial charge >= 0.3 is 0 Å². The van der Waals surface area contributed by atoms with Gasteiger partial charge in [-0.1, -0.05) is 12.1 Å². The van der Waals surface area contributed by atoms with E-state index in [1.165, 1.54) is 6.21 Å². The lowest BCUT2D eigenvalue weighted by molar-refractivity contribution is 0.474. The van der Waals surface area contributed by atoms with E-state index < -0.39 is 0 Å². The lowest BCUT2D eigenvalue weighted by atomic mass is 10.2. The molecule has 0 fully saturated rings. The molecule has 3 aromatic rings. The number of fused-ring (bicyclic) bond motifs is 1. The summed E-state index contributed by atoms with van der Waals surface area (Å²) in [5.74, 6) is 0.164. The largest absolute Gasteiger partial charge is 0.507 e. The number of hydrogen-bond acceptors (Lipinski definition) is 4. The number of rotatable bonds is 3. The first kappa shape index (κ1) is 14.0. The lowest BCUT2D eigenvalue weighted by Crippen LogP contribution is -2.23. The maximum absolute atomic E-state index is 9.61. The Hall–Kier alpha value is -2.93. The summed E-state index contributed by atoms with van der Waals surface area (Å²) < 4.78 is 0. The smallest absolute Gasteiger partial charge is 0.191 e. The molecule has 0 saturated heterocycles. The van der Waals surface area contributed by atoms with E-state index in [2.05, 4.69) is 26.0 Å². The normalized spacial score (nSPS) is 10.9. The molecule has 110 valence electrons. The lowest BCUT2D eigenvalue weighted by Gasteiger charge is -2.06. The maximum Gasteiger partial charge on any atom is 0.191 e. The first-order valence-corrected chi connectivity index (χ1v) is 6.94. The van der Waals surface area contributed by atoms with Crippen LogP contribution in [0.4, 0.5) is 5.69 Å². The molecule has 0 aliphatic heterocycles. The van der Waals surface area contributed by atoms with Crippen LogP contribution in [0.25, 0.3) is 10.9 Å². The second kappa shape index (κ2) is 6.23. The number of nitrogens with zero attached hydrogens (tertiary/aromatic N) is 2. The van der Waals surface area contributed by atoms with Crippen LogP contribution in [0.5, 0.6) is 5.75 Å². The van der Waals surface area contributed by atoms with Gasteiger partial charge in [-0.25, -0.2) is 0 Å². The Morgan fingerprint density at radius 3 is 3.00 bits per heavy atom. The summed E-state index contributed by atoms with van der Waals surface area (Å²) in [7, 11) is 0. The average Bonchev–Trinajstić information content (AvgIpc) is 2.97. The van der Waals surface area contributed by atoms with Gasteiger partial charge in [0, 0.05) is 16.6 Å². The highest BCUT2D eigenvalue weighted by molar-refractivity contribution is 7.80. The van der Waals surface area contributed by atoms with E-state index >= 15 is 0 Å². The van der Waals surface area contributed by atoms with Gasteiger partial charge < -0.3 is 10.4 Å². The third-order valence-electron chi connectivity index (χ3n) is 3.01. The van der Waals surface area contributed by atoms with Crippen LogP contribution in [0, 0.1) is 0 Å². The van der Waals surface area contributed by atoms with Crippen LogP contribution in [0.15, 0.2) is 53.8 Å². The van der Waals surface area contributed by atoms with E-state index in [9.17, 15) is 5.11 Å². The zero-order valence-electron chi connectivity index (χ0n) is 11.4. The Morgan fingerprint density at radius 2 is 2.14 bits per heavy atom. The second-order valence-corrected chi connectivity index (χ2v) is 4.96. The minimum atomic E-state index is 0.164. The van der Waals surface area contributed by atoms with Crippen LogP contribution in [0.3, 0.4) is 0 Å². The molecule has 7 heteroatoms. The van der Waals surface area contributed by atoms with Gasteiger partial charge in [0.2, 0.25) is 0 Å². The van der Waals surface area contributed by atoms with Crippen molar-refractivity contribution < 1.29 is 5.11 Å². The van der Waals surface area contributed by atoms with Gasteiger partial charge in [-0.05, 0) is 42.5 Å². The Kier molecular flexibility index (Phi) is 3.97. The number of nitrogens with one attached hydrogen (secondary N) is 3. The minimum absolute atomic E-state index is 0.164. The number of phenolic OH excluding ortho intramolecular Hbond substituents is 1. The molecular weight excluding hydrogens is 298 g/mol. The van der Waals surface area contributed by atoms with Crippen molar-refractivity contribution in [2.24, 2.45) is 5.10 Å². The third-order valence-corrected chi connectivity index (χ3v) is 3.20. The summed E-state index contributed by atoms with van der Waals surface area (Å²) in [6.45, 7) is 0. The number of H-pyrrole nitrogens is 1. The first-order chi connectivity index (χ1) is 10.7. The SMILES string of the molecule is Oc1ccccc1/C=N/NC(=S)Nc1ccc2cn[nH]c2c1. The zero-order valence-corrected chi connectivity index (χ0v) is 12.3. The van der Waals surface area contributed by atoms with Crippen molar-refractivity contribution in [3.63, 3.8) is 0 Å². The molecule has 0 radical (unpaired) electrons. The molecule has 0 aliphatic rings. The molecule has 3 rings (SSSR count). The standard InChI is InChI=1S/C15H13N5OS/c21-14-4-2-1-3-11(14)9-17-20-15(22)18-12-6-5-10-8-16-19-13(10)7-12/h1-9,21H,(H,16,19)(H2,18,20,22)/b17-9+. The fraction of sp³-hybridized carbons (Fsp3) is 0. The highest BCUT2D eigenvalue weighted by Gasteiger charge is 2.00. The van der Waals surface area contributed by atoms with Crippen LogP contribution in [0.2, 0.25) is 0 Å². The summed E-state index contributed by atoms with van der Waals surface area (Å²) in [6, 6.07) is 12.7. The van der Waals surface area contributed by atoms with Crippen molar-refractivity contribution in [3.8, 4) is 5.75 Å². The molecule has 0 amide bonds. The quantitative estimate of drug-likeness (QED) is 0.339. The number of phenols is 1. The van der Waals surface area contributed by atoms with Gasteiger partial charge in [0.1, 0.15) is 5.75 Å². The zero-order chi connectivity index (χ0) is 15.4. The van der Waals surface area contributed by atoms with Gasteiger partial charge in [0.15, 0.2) is 5.11 Å². The van der Waals surface area contributed by atoms with Gasteiger partial charge in [-0.3, -0.25) is 10.5 Å². The van der Waals surface area contributed by atoms with Crippen LogP contribution in [-0.2, 0) is 0 Å². The van der Waals surface area contributed by atoms with Crippen LogP contribution < -0.4 is 10.7 Å². The predicted octanol–water partition coefficient (Wildman–Crippen LogP) is 2.59. The van der Waals surface area contributed by atoms with Gasteiger partial charge in [-0.15, -0.1) is 0 Å². The first-order valence-electron chi connectivity index (χ1n) is 6.53. The Morgan fingerprint density at radius 1 is 1.27 bits per heavy atom. The number of aromatic amines is 1. The second-order valence-electron chi connectivity index (χ2n) is 4.55. The molecule has 0 aliphatic carbocycles. The number of aromatic hydroxyl groups is 1. The monoisotopic (exact) mass is 311 g/mol. The van der Waals surface area contributed by atoms with Crippen molar-refractivity contribution in [1.82, 2.24) is 15.6 Å². The summed E-state index contributed by atoms with van der Waals surface area (Å²) in [5.41, 5.74) is 5.06. The van der Waals surface area contributed by atoms with Crippen LogP contribution in [0.1, 0.15) is 5.56 Å². The molecule has 0 spiro atoms. The summed E-state index contributed by atoms with van der Waals surface area (Å²) in [6.07, 6.45) is 3.26. The molecule has 0 atom stereocenters. The van der Waals surface area contributed by atoms with Crippen LogP contribution in [-0.4, -0.2) is 26.6 Å². The average molecular weight is 311 g/mol. The van der Waals surface area contributed by atoms with Crippen molar-refractivity contribution in [2.75, 3.05) is 5.32 Å². The highest BCUT2D eigenvalue weighted by Crippen LogP contribution is 2.16. The van der Waals surface area contributed by atoms with Crippen molar-refractivity contribution in [3.05, 3.63) is 54.2 Å². The van der Waals surface area contributed by atoms with Crippen molar-refractivity contribution in [2.45, 2.75) is 0 Å². The van der Waals surface area contributed by atoms with E-state index in [1.54, 1.807) is 24.4 Å². The number of benzene rings is 2. The van der Waals surface area contributed by atoms with E-state index in [0.29, 0.717) is 10.7 Å². The van der Waals surface area contributed by atoms with Crippen molar-refractivity contribution in [1.29, 1.82) is 0 Å². The van der Waals surface area contributed by atoms with E-state index in [4.69, 9.17) is 12.2 Å². The predicted molar refractivity (Wildman–Crippen MR) is 91.2 cm³/mol.